The van der Waals surface area contributed by atoms with Gasteiger partial charge in [0.05, 0.1) is 23.1 Å². The minimum atomic E-state index is -5.11. The lowest BCUT2D eigenvalue weighted by atomic mass is 9.78. The van der Waals surface area contributed by atoms with Crippen LogP contribution in [0.5, 0.6) is 0 Å². The normalized spacial score (nSPS) is 19.6. The number of nitrogens with one attached hydrogen (secondary N) is 1. The molecule has 36 heavy (non-hydrogen) atoms. The fourth-order valence-electron chi connectivity index (χ4n) is 4.41. The number of likely N-dealkylation sites (N-methyl/N-ethyl adjacent to an activating group) is 1. The number of aliphatic hydroxyl groups is 1. The van der Waals surface area contributed by atoms with E-state index in [4.69, 9.17) is 0 Å². The minimum absolute atomic E-state index is 0.00967. The molecule has 1 aliphatic rings. The van der Waals surface area contributed by atoms with Gasteiger partial charge in [0.1, 0.15) is 6.23 Å². The molecule has 0 saturated carbocycles. The molecule has 0 spiro atoms. The van der Waals surface area contributed by atoms with E-state index in [0.29, 0.717) is 12.1 Å². The summed E-state index contributed by atoms with van der Waals surface area (Å²) >= 11 is 0. The molecule has 0 radical (unpaired) electrons. The molecule has 3 unspecified atom stereocenters. The number of fused-ring (bicyclic) bond motifs is 1. The van der Waals surface area contributed by atoms with Gasteiger partial charge in [0.2, 0.25) is 5.91 Å². The summed E-state index contributed by atoms with van der Waals surface area (Å²) in [4.78, 5) is 27.4. The fourth-order valence-corrected chi connectivity index (χ4v) is 4.41. The molecule has 2 amide bonds. The van der Waals surface area contributed by atoms with Crippen molar-refractivity contribution >= 4 is 11.8 Å². The van der Waals surface area contributed by atoms with Gasteiger partial charge >= 0.3 is 12.4 Å². The molecule has 2 aromatic rings. The zero-order valence-corrected chi connectivity index (χ0v) is 20.0. The van der Waals surface area contributed by atoms with E-state index in [0.717, 1.165) is 4.90 Å². The zero-order chi connectivity index (χ0) is 27.2. The van der Waals surface area contributed by atoms with Crippen LogP contribution in [0.1, 0.15) is 71.8 Å². The largest absolute Gasteiger partial charge is 0.416 e. The Morgan fingerprint density at radius 3 is 2.03 bits per heavy atom. The second kappa shape index (κ2) is 9.42. The van der Waals surface area contributed by atoms with Crippen molar-refractivity contribution in [1.82, 2.24) is 10.2 Å². The Hall–Kier alpha value is -3.08. The first-order chi connectivity index (χ1) is 16.4. The Kier molecular flexibility index (Phi) is 7.20. The summed E-state index contributed by atoms with van der Waals surface area (Å²) in [6.07, 6.45) is -11.4. The number of carbonyl (C=O) groups is 2. The quantitative estimate of drug-likeness (QED) is 0.416. The van der Waals surface area contributed by atoms with Crippen molar-refractivity contribution in [2.45, 2.75) is 57.7 Å². The van der Waals surface area contributed by atoms with Gasteiger partial charge in [-0.05, 0) is 47.2 Å². The van der Waals surface area contributed by atoms with Gasteiger partial charge in [-0.1, -0.05) is 39.0 Å². The van der Waals surface area contributed by atoms with Gasteiger partial charge in [-0.15, -0.1) is 0 Å². The topological polar surface area (TPSA) is 69.6 Å². The van der Waals surface area contributed by atoms with Gasteiger partial charge in [0.15, 0.2) is 0 Å². The maximum atomic E-state index is 13.5. The van der Waals surface area contributed by atoms with Crippen molar-refractivity contribution < 1.29 is 41.0 Å². The van der Waals surface area contributed by atoms with Crippen LogP contribution in [0.15, 0.2) is 42.5 Å². The first kappa shape index (κ1) is 27.5. The summed E-state index contributed by atoms with van der Waals surface area (Å²) in [6, 6.07) is 5.40. The van der Waals surface area contributed by atoms with Crippen LogP contribution in [0.25, 0.3) is 0 Å². The Bertz CT molecular complexity index is 1120. The van der Waals surface area contributed by atoms with Gasteiger partial charge < -0.3 is 15.3 Å². The average Bonchev–Trinajstić information content (AvgIpc) is 2.73. The number of aliphatic hydroxyl groups excluding tert-OH is 1. The molecule has 3 atom stereocenters. The summed E-state index contributed by atoms with van der Waals surface area (Å²) in [7, 11) is 1.21. The number of hydrogen-bond donors (Lipinski definition) is 2. The molecule has 1 heterocycles. The number of carbonyl (C=O) groups excluding carboxylic acids is 2. The molecule has 0 fully saturated rings. The van der Waals surface area contributed by atoms with E-state index in [-0.39, 0.29) is 23.6 Å². The van der Waals surface area contributed by atoms with Crippen LogP contribution in [0, 0.1) is 5.41 Å². The van der Waals surface area contributed by atoms with Crippen LogP contribution in [0.3, 0.4) is 0 Å². The van der Waals surface area contributed by atoms with Crippen LogP contribution < -0.4 is 5.32 Å². The lowest BCUT2D eigenvalue weighted by Crippen LogP contribution is -2.48. The number of amides is 2. The van der Waals surface area contributed by atoms with E-state index in [2.05, 4.69) is 5.32 Å². The number of rotatable bonds is 4. The predicted molar refractivity (Wildman–Crippen MR) is 119 cm³/mol. The van der Waals surface area contributed by atoms with Crippen molar-refractivity contribution in [1.29, 1.82) is 0 Å². The van der Waals surface area contributed by atoms with Crippen LogP contribution >= 0.6 is 0 Å². The molecule has 0 saturated heterocycles. The number of hydrogen-bond acceptors (Lipinski definition) is 3. The van der Waals surface area contributed by atoms with Crippen molar-refractivity contribution in [3.63, 3.8) is 0 Å². The predicted octanol–water partition coefficient (Wildman–Crippen LogP) is 5.51. The molecule has 196 valence electrons. The summed E-state index contributed by atoms with van der Waals surface area (Å²) in [5, 5.41) is 12.8. The highest BCUT2D eigenvalue weighted by atomic mass is 19.4. The standard InChI is InChI=1S/C25H26F6N2O3/c1-23(2,3)12-18(34)32-21(35)19-16-7-5-6-8-17(16)22(36)33(4)20(19)13-9-14(24(26,27)28)11-15(10-13)25(29,30)31/h5-11,18-20,34H,12H2,1-4H3,(H,32,35). The lowest BCUT2D eigenvalue weighted by Gasteiger charge is -2.40. The van der Waals surface area contributed by atoms with E-state index in [1.165, 1.54) is 31.3 Å². The fraction of sp³-hybridized carbons (Fsp3) is 0.440. The molecule has 0 aromatic heterocycles. The molecular formula is C25H26F6N2O3. The van der Waals surface area contributed by atoms with Crippen LogP contribution in [-0.2, 0) is 17.1 Å². The van der Waals surface area contributed by atoms with Gasteiger partial charge in [-0.3, -0.25) is 9.59 Å². The smallest absolute Gasteiger partial charge is 0.374 e. The maximum absolute atomic E-state index is 13.5. The molecule has 11 heteroatoms. The summed E-state index contributed by atoms with van der Waals surface area (Å²) < 4.78 is 81.2. The van der Waals surface area contributed by atoms with Crippen molar-refractivity contribution in [3.8, 4) is 0 Å². The third-order valence-electron chi connectivity index (χ3n) is 5.93. The van der Waals surface area contributed by atoms with Crippen LogP contribution in [-0.4, -0.2) is 35.1 Å². The van der Waals surface area contributed by atoms with Gasteiger partial charge in [-0.2, -0.15) is 26.3 Å². The first-order valence-electron chi connectivity index (χ1n) is 11.0. The molecule has 3 rings (SSSR count). The van der Waals surface area contributed by atoms with Crippen LogP contribution in [0.4, 0.5) is 26.3 Å². The summed E-state index contributed by atoms with van der Waals surface area (Å²) in [6.45, 7) is 5.44. The molecule has 0 aliphatic carbocycles. The second-order valence-electron chi connectivity index (χ2n) is 10.1. The van der Waals surface area contributed by atoms with E-state index in [1.807, 2.05) is 20.8 Å². The Morgan fingerprint density at radius 1 is 1.00 bits per heavy atom. The van der Waals surface area contributed by atoms with Crippen molar-refractivity contribution in [2.75, 3.05) is 7.05 Å². The second-order valence-corrected chi connectivity index (χ2v) is 10.1. The average molecular weight is 516 g/mol. The van der Waals surface area contributed by atoms with Gasteiger partial charge in [0, 0.05) is 12.6 Å². The highest BCUT2D eigenvalue weighted by Gasteiger charge is 2.45. The van der Waals surface area contributed by atoms with E-state index in [9.17, 15) is 41.0 Å². The van der Waals surface area contributed by atoms with Crippen molar-refractivity contribution in [2.24, 2.45) is 5.41 Å². The third-order valence-corrected chi connectivity index (χ3v) is 5.93. The maximum Gasteiger partial charge on any atom is 0.416 e. The number of halogens is 6. The molecule has 0 bridgehead atoms. The number of alkyl halides is 6. The summed E-state index contributed by atoms with van der Waals surface area (Å²) in [5.74, 6) is -2.89. The van der Waals surface area contributed by atoms with E-state index < -0.39 is 64.5 Å². The minimum Gasteiger partial charge on any atom is -0.374 e. The Balaban J connectivity index is 2.20. The number of nitrogens with zero attached hydrogens (tertiary/aromatic N) is 1. The van der Waals surface area contributed by atoms with Crippen LogP contribution in [0.2, 0.25) is 0 Å². The Labute approximate surface area is 204 Å². The molecule has 2 N–H and O–H groups in total. The molecule has 2 aromatic carbocycles. The molecular weight excluding hydrogens is 490 g/mol. The first-order valence-corrected chi connectivity index (χ1v) is 11.0. The SMILES string of the molecule is CN1C(=O)c2ccccc2C(C(=O)NC(O)CC(C)(C)C)C1c1cc(C(F)(F)F)cc(C(F)(F)F)c1. The monoisotopic (exact) mass is 516 g/mol. The van der Waals surface area contributed by atoms with E-state index >= 15 is 0 Å². The third kappa shape index (κ3) is 5.83. The molecule has 5 nitrogen and oxygen atoms in total. The van der Waals surface area contributed by atoms with Gasteiger partial charge in [-0.25, -0.2) is 0 Å². The Morgan fingerprint density at radius 2 is 1.53 bits per heavy atom. The summed E-state index contributed by atoms with van der Waals surface area (Å²) in [5.41, 5.74) is -3.79. The lowest BCUT2D eigenvalue weighted by molar-refractivity contribution is -0.143. The molecule has 1 aliphatic heterocycles. The highest BCUT2D eigenvalue weighted by molar-refractivity contribution is 6.01. The van der Waals surface area contributed by atoms with Gasteiger partial charge in [0.25, 0.3) is 5.91 Å². The highest BCUT2D eigenvalue weighted by Crippen LogP contribution is 2.45. The number of benzene rings is 2. The zero-order valence-electron chi connectivity index (χ0n) is 20.0. The van der Waals surface area contributed by atoms with E-state index in [1.54, 1.807) is 0 Å². The van der Waals surface area contributed by atoms with Crippen molar-refractivity contribution in [3.05, 3.63) is 70.3 Å².